The summed E-state index contributed by atoms with van der Waals surface area (Å²) in [5.41, 5.74) is -4.36. The molecule has 10 nitrogen and oxygen atoms in total. The Hall–Kier alpha value is 0.426. The molecule has 0 fully saturated rings. The van der Waals surface area contributed by atoms with Gasteiger partial charge in [-0.1, -0.05) is 0 Å². The van der Waals surface area contributed by atoms with Crippen LogP contribution in [-0.4, -0.2) is 93.5 Å². The van der Waals surface area contributed by atoms with Crippen LogP contribution >= 0.6 is 0 Å². The van der Waals surface area contributed by atoms with E-state index >= 15 is 0 Å². The Morgan fingerprint density at radius 1 is 0.824 bits per heavy atom. The van der Waals surface area contributed by atoms with Crippen LogP contribution in [0, 0.1) is 0 Å². The molecule has 0 aliphatic heterocycles. The van der Waals surface area contributed by atoms with Crippen molar-refractivity contribution in [1.29, 1.82) is 0 Å². The van der Waals surface area contributed by atoms with Crippen LogP contribution in [0.15, 0.2) is 0 Å². The van der Waals surface area contributed by atoms with Crippen LogP contribution in [-0.2, 0) is 20.2 Å². The average molecular weight is 307 g/mol. The zero-order valence-electron chi connectivity index (χ0n) is 8.33. The minimum absolute atomic E-state index is 0. The Bertz CT molecular complexity index is 335. The molecule has 0 radical (unpaired) electrons. The van der Waals surface area contributed by atoms with Crippen LogP contribution in [0.2, 0.25) is 0 Å². The van der Waals surface area contributed by atoms with E-state index in [0.717, 1.165) is 0 Å². The van der Waals surface area contributed by atoms with Crippen LogP contribution in [0.4, 0.5) is 0 Å². The molecule has 2 unspecified atom stereocenters. The molecule has 0 saturated carbocycles. The molecule has 0 rings (SSSR count). The van der Waals surface area contributed by atoms with Crippen molar-refractivity contribution in [3.63, 3.8) is 0 Å². The maximum absolute atomic E-state index is 9.60. The molecule has 100 valence electrons. The van der Waals surface area contributed by atoms with Crippen molar-refractivity contribution in [2.24, 2.45) is 0 Å². The summed E-state index contributed by atoms with van der Waals surface area (Å²) < 4.78 is 57.6. The number of aliphatic hydroxyl groups is 4. The molecule has 0 heterocycles. The molecule has 0 aromatic rings. The Balaban J connectivity index is -0.000000218. The van der Waals surface area contributed by atoms with Crippen LogP contribution < -0.4 is 0 Å². The molecule has 0 aromatic carbocycles. The Morgan fingerprint density at radius 3 is 1.00 bits per heavy atom. The second-order valence-corrected chi connectivity index (χ2v) is 5.32. The summed E-state index contributed by atoms with van der Waals surface area (Å²) in [7, 11) is -9.39. The molecule has 0 saturated heterocycles. The SMILES string of the molecule is O=S(=O)([O-])C(O)CO.O=S(=O)([O-])C(O)CO.[Mg+2]. The van der Waals surface area contributed by atoms with Gasteiger partial charge in [0.05, 0.1) is 13.2 Å². The van der Waals surface area contributed by atoms with Crippen LogP contribution in [0.1, 0.15) is 0 Å². The monoisotopic (exact) mass is 306 g/mol. The molecule has 0 aliphatic carbocycles. The third kappa shape index (κ3) is 12.7. The Morgan fingerprint density at radius 2 is 1.00 bits per heavy atom. The topological polar surface area (TPSA) is 195 Å². The first-order valence-electron chi connectivity index (χ1n) is 3.44. The second-order valence-electron chi connectivity index (χ2n) is 2.26. The van der Waals surface area contributed by atoms with E-state index in [4.69, 9.17) is 20.4 Å². The van der Waals surface area contributed by atoms with E-state index in [1.807, 2.05) is 0 Å². The van der Waals surface area contributed by atoms with Gasteiger partial charge < -0.3 is 29.5 Å². The summed E-state index contributed by atoms with van der Waals surface area (Å²) in [4.78, 5) is 0. The molecule has 0 aromatic heterocycles. The molecular formula is C4H10MgO10S2. The van der Waals surface area contributed by atoms with E-state index in [2.05, 4.69) is 0 Å². The van der Waals surface area contributed by atoms with Gasteiger partial charge in [-0.05, 0) is 0 Å². The predicted octanol–water partition coefficient (Wildman–Crippen LogP) is -4.70. The first-order chi connectivity index (χ1) is 6.96. The maximum atomic E-state index is 9.60. The molecule has 0 bridgehead atoms. The third-order valence-electron chi connectivity index (χ3n) is 0.979. The normalized spacial score (nSPS) is 14.9. The second kappa shape index (κ2) is 9.37. The summed E-state index contributed by atoms with van der Waals surface area (Å²) in [6, 6.07) is 0. The van der Waals surface area contributed by atoms with E-state index in [9.17, 15) is 25.9 Å². The van der Waals surface area contributed by atoms with Crippen molar-refractivity contribution in [1.82, 2.24) is 0 Å². The summed E-state index contributed by atoms with van der Waals surface area (Å²) in [5, 5.41) is 31.8. The maximum Gasteiger partial charge on any atom is 2.00 e. The summed E-state index contributed by atoms with van der Waals surface area (Å²) in [6.07, 6.45) is 0. The van der Waals surface area contributed by atoms with Crippen LogP contribution in [0.5, 0.6) is 0 Å². The van der Waals surface area contributed by atoms with E-state index in [-0.39, 0.29) is 23.1 Å². The van der Waals surface area contributed by atoms with Crippen molar-refractivity contribution < 1.29 is 46.4 Å². The molecule has 2 atom stereocenters. The molecule has 4 N–H and O–H groups in total. The first kappa shape index (κ1) is 22.6. The van der Waals surface area contributed by atoms with Crippen molar-refractivity contribution >= 4 is 43.3 Å². The van der Waals surface area contributed by atoms with Crippen molar-refractivity contribution in [2.45, 2.75) is 10.9 Å². The van der Waals surface area contributed by atoms with Gasteiger partial charge in [0.25, 0.3) is 0 Å². The Kier molecular flexibility index (Phi) is 12.5. The summed E-state index contributed by atoms with van der Waals surface area (Å²) in [6.45, 7) is -2.10. The van der Waals surface area contributed by atoms with E-state index in [1.54, 1.807) is 0 Å². The summed E-state index contributed by atoms with van der Waals surface area (Å²) in [5.74, 6) is 0. The Labute approximate surface area is 114 Å². The van der Waals surface area contributed by atoms with Gasteiger partial charge in [-0.15, -0.1) is 0 Å². The van der Waals surface area contributed by atoms with Gasteiger partial charge in [-0.3, -0.25) is 0 Å². The van der Waals surface area contributed by atoms with Gasteiger partial charge in [-0.25, -0.2) is 16.8 Å². The molecular weight excluding hydrogens is 296 g/mol. The van der Waals surface area contributed by atoms with Gasteiger partial charge in [0.15, 0.2) is 10.9 Å². The van der Waals surface area contributed by atoms with E-state index in [1.165, 1.54) is 0 Å². The van der Waals surface area contributed by atoms with Crippen LogP contribution in [0.3, 0.4) is 0 Å². The predicted molar refractivity (Wildman–Crippen MR) is 51.3 cm³/mol. The summed E-state index contributed by atoms with van der Waals surface area (Å²) >= 11 is 0. The van der Waals surface area contributed by atoms with Gasteiger partial charge in [0.1, 0.15) is 20.2 Å². The quantitative estimate of drug-likeness (QED) is 0.289. The van der Waals surface area contributed by atoms with Crippen LogP contribution in [0.25, 0.3) is 0 Å². The molecule has 0 spiro atoms. The van der Waals surface area contributed by atoms with Crippen molar-refractivity contribution in [3.05, 3.63) is 0 Å². The third-order valence-corrected chi connectivity index (χ3v) is 2.61. The van der Waals surface area contributed by atoms with Crippen molar-refractivity contribution in [2.75, 3.05) is 13.2 Å². The number of rotatable bonds is 4. The molecule has 0 aliphatic rings. The van der Waals surface area contributed by atoms with E-state index in [0.29, 0.717) is 0 Å². The molecule has 0 amide bonds. The number of hydrogen-bond donors (Lipinski definition) is 4. The zero-order chi connectivity index (χ0) is 13.6. The number of aliphatic hydroxyl groups excluding tert-OH is 4. The van der Waals surface area contributed by atoms with Gasteiger partial charge >= 0.3 is 23.1 Å². The van der Waals surface area contributed by atoms with Gasteiger partial charge in [0, 0.05) is 0 Å². The first-order valence-corrected chi connectivity index (χ1v) is 6.38. The van der Waals surface area contributed by atoms with Gasteiger partial charge in [-0.2, -0.15) is 0 Å². The molecule has 17 heavy (non-hydrogen) atoms. The zero-order valence-corrected chi connectivity index (χ0v) is 11.4. The van der Waals surface area contributed by atoms with Gasteiger partial charge in [0.2, 0.25) is 0 Å². The minimum Gasteiger partial charge on any atom is -0.746 e. The number of hydrogen-bond acceptors (Lipinski definition) is 10. The average Bonchev–Trinajstić information content (AvgIpc) is 2.13. The van der Waals surface area contributed by atoms with E-state index < -0.39 is 44.3 Å². The standard InChI is InChI=1S/2C2H6O5S.Mg/c2*3-1-2(4)8(5,6)7;/h2*2-4H,1H2,(H,5,6,7);/q;;+2/p-2. The largest absolute Gasteiger partial charge is 2.00 e. The fourth-order valence-electron chi connectivity index (χ4n) is 0.183. The minimum atomic E-state index is -4.70. The van der Waals surface area contributed by atoms with Crippen molar-refractivity contribution in [3.8, 4) is 0 Å². The smallest absolute Gasteiger partial charge is 0.746 e. The fourth-order valence-corrected chi connectivity index (χ4v) is 0.548. The fraction of sp³-hybridized carbons (Fsp3) is 1.00. The molecule has 13 heteroatoms.